The van der Waals surface area contributed by atoms with Crippen molar-refractivity contribution in [2.75, 3.05) is 22.5 Å². The SMILES string of the molecule is Cc1cc(N)nc(S[C@@H](C)C(=O)N2CC(=O)Nc3cc(C(F)(F)F)ccc32)n1. The highest BCUT2D eigenvalue weighted by Gasteiger charge is 2.35. The molecule has 0 bridgehead atoms. The van der Waals surface area contributed by atoms with E-state index in [1.54, 1.807) is 19.9 Å². The van der Waals surface area contributed by atoms with Gasteiger partial charge in [-0.25, -0.2) is 9.97 Å². The Kier molecular flexibility index (Phi) is 5.20. The number of anilines is 3. The van der Waals surface area contributed by atoms with Crippen LogP contribution in [0.5, 0.6) is 0 Å². The van der Waals surface area contributed by atoms with Crippen LogP contribution < -0.4 is 16.0 Å². The van der Waals surface area contributed by atoms with E-state index in [0.29, 0.717) is 10.9 Å². The Morgan fingerprint density at radius 3 is 2.68 bits per heavy atom. The minimum absolute atomic E-state index is 0.0623. The molecule has 1 aromatic heterocycles. The van der Waals surface area contributed by atoms with Crippen LogP contribution in [-0.4, -0.2) is 33.6 Å². The Balaban J connectivity index is 1.87. The lowest BCUT2D eigenvalue weighted by molar-refractivity contribution is -0.137. The Bertz CT molecular complexity index is 931. The molecule has 1 aliphatic heterocycles. The van der Waals surface area contributed by atoms with E-state index in [1.165, 1.54) is 6.07 Å². The number of halogens is 3. The van der Waals surface area contributed by atoms with Gasteiger partial charge in [0.05, 0.1) is 22.2 Å². The van der Waals surface area contributed by atoms with Crippen LogP contribution in [0.3, 0.4) is 0 Å². The molecular formula is C17H16F3N5O2S. The van der Waals surface area contributed by atoms with Gasteiger partial charge in [-0.3, -0.25) is 14.5 Å². The summed E-state index contributed by atoms with van der Waals surface area (Å²) >= 11 is 1.05. The van der Waals surface area contributed by atoms with Crippen molar-refractivity contribution < 1.29 is 22.8 Å². The van der Waals surface area contributed by atoms with E-state index in [-0.39, 0.29) is 23.7 Å². The van der Waals surface area contributed by atoms with E-state index in [1.807, 2.05) is 0 Å². The number of alkyl halides is 3. The van der Waals surface area contributed by atoms with E-state index in [0.717, 1.165) is 28.8 Å². The van der Waals surface area contributed by atoms with E-state index < -0.39 is 28.8 Å². The summed E-state index contributed by atoms with van der Waals surface area (Å²) in [6.07, 6.45) is -4.56. The third kappa shape index (κ3) is 4.19. The van der Waals surface area contributed by atoms with Crippen LogP contribution in [0.25, 0.3) is 0 Å². The van der Waals surface area contributed by atoms with Gasteiger partial charge in [0.2, 0.25) is 11.8 Å². The molecule has 0 unspecified atom stereocenters. The number of amides is 2. The number of nitrogens with one attached hydrogen (secondary N) is 1. The highest BCUT2D eigenvalue weighted by Crippen LogP contribution is 2.37. The first kappa shape index (κ1) is 19.9. The van der Waals surface area contributed by atoms with Gasteiger partial charge in [-0.15, -0.1) is 0 Å². The molecule has 0 radical (unpaired) electrons. The smallest absolute Gasteiger partial charge is 0.384 e. The fourth-order valence-electron chi connectivity index (χ4n) is 2.71. The molecule has 2 amide bonds. The van der Waals surface area contributed by atoms with Gasteiger partial charge in [-0.2, -0.15) is 13.2 Å². The predicted octanol–water partition coefficient (Wildman–Crippen LogP) is 2.85. The van der Waals surface area contributed by atoms with Crippen LogP contribution >= 0.6 is 11.8 Å². The number of aryl methyl sites for hydroxylation is 1. The zero-order valence-electron chi connectivity index (χ0n) is 14.9. The van der Waals surface area contributed by atoms with Crippen molar-refractivity contribution in [3.63, 3.8) is 0 Å². The first-order valence-corrected chi connectivity index (χ1v) is 9.03. The van der Waals surface area contributed by atoms with Gasteiger partial charge < -0.3 is 11.1 Å². The second kappa shape index (κ2) is 7.30. The van der Waals surface area contributed by atoms with Gasteiger partial charge in [0.25, 0.3) is 0 Å². The normalized spacial score (nSPS) is 15.0. The minimum Gasteiger partial charge on any atom is -0.384 e. The fraction of sp³-hybridized carbons (Fsp3) is 0.294. The molecule has 7 nitrogen and oxygen atoms in total. The maximum Gasteiger partial charge on any atom is 0.416 e. The van der Waals surface area contributed by atoms with Crippen LogP contribution in [0.1, 0.15) is 18.2 Å². The van der Waals surface area contributed by atoms with E-state index in [9.17, 15) is 22.8 Å². The molecule has 148 valence electrons. The first-order chi connectivity index (χ1) is 13.0. The Morgan fingerprint density at radius 2 is 2.04 bits per heavy atom. The summed E-state index contributed by atoms with van der Waals surface area (Å²) in [6.45, 7) is 3.04. The molecule has 28 heavy (non-hydrogen) atoms. The average Bonchev–Trinajstić information content (AvgIpc) is 2.58. The molecule has 3 rings (SSSR count). The molecule has 11 heteroatoms. The van der Waals surface area contributed by atoms with Gasteiger partial charge in [-0.05, 0) is 32.0 Å². The van der Waals surface area contributed by atoms with E-state index >= 15 is 0 Å². The lowest BCUT2D eigenvalue weighted by atomic mass is 10.1. The number of carbonyl (C=O) groups is 2. The predicted molar refractivity (Wildman–Crippen MR) is 98.9 cm³/mol. The number of rotatable bonds is 3. The zero-order chi connectivity index (χ0) is 20.6. The number of nitrogens with two attached hydrogens (primary N) is 1. The van der Waals surface area contributed by atoms with Crippen molar-refractivity contribution in [3.8, 4) is 0 Å². The van der Waals surface area contributed by atoms with Crippen LogP contribution in [0, 0.1) is 6.92 Å². The van der Waals surface area contributed by atoms with Gasteiger partial charge in [-0.1, -0.05) is 11.8 Å². The molecular weight excluding hydrogens is 395 g/mol. The molecule has 0 fully saturated rings. The summed E-state index contributed by atoms with van der Waals surface area (Å²) in [6, 6.07) is 4.45. The summed E-state index contributed by atoms with van der Waals surface area (Å²) in [7, 11) is 0. The lowest BCUT2D eigenvalue weighted by Crippen LogP contribution is -2.45. The third-order valence-corrected chi connectivity index (χ3v) is 4.89. The van der Waals surface area contributed by atoms with Crippen LogP contribution in [0.4, 0.5) is 30.4 Å². The topological polar surface area (TPSA) is 101 Å². The summed E-state index contributed by atoms with van der Waals surface area (Å²) in [5, 5.41) is 1.99. The first-order valence-electron chi connectivity index (χ1n) is 8.15. The van der Waals surface area contributed by atoms with Gasteiger partial charge in [0.15, 0.2) is 5.16 Å². The third-order valence-electron chi connectivity index (χ3n) is 3.94. The number of carbonyl (C=O) groups excluding carboxylic acids is 2. The summed E-state index contributed by atoms with van der Waals surface area (Å²) < 4.78 is 38.8. The second-order valence-electron chi connectivity index (χ2n) is 6.18. The molecule has 3 N–H and O–H groups in total. The quantitative estimate of drug-likeness (QED) is 0.595. The number of fused-ring (bicyclic) bond motifs is 1. The molecule has 0 aliphatic carbocycles. The fourth-order valence-corrected chi connectivity index (χ4v) is 3.61. The highest BCUT2D eigenvalue weighted by atomic mass is 32.2. The highest BCUT2D eigenvalue weighted by molar-refractivity contribution is 8.00. The van der Waals surface area contributed by atoms with Crippen LogP contribution in [-0.2, 0) is 15.8 Å². The van der Waals surface area contributed by atoms with Crippen molar-refractivity contribution >= 4 is 40.8 Å². The lowest BCUT2D eigenvalue weighted by Gasteiger charge is -2.31. The Hall–Kier alpha value is -2.82. The van der Waals surface area contributed by atoms with Crippen molar-refractivity contribution in [3.05, 3.63) is 35.5 Å². The molecule has 1 atom stereocenters. The van der Waals surface area contributed by atoms with E-state index in [2.05, 4.69) is 15.3 Å². The molecule has 0 saturated heterocycles. The summed E-state index contributed by atoms with van der Waals surface area (Å²) in [4.78, 5) is 34.2. The molecule has 0 saturated carbocycles. The van der Waals surface area contributed by atoms with Gasteiger partial charge >= 0.3 is 6.18 Å². The van der Waals surface area contributed by atoms with Crippen molar-refractivity contribution in [1.29, 1.82) is 0 Å². The standard InChI is InChI=1S/C17H16F3N5O2S/c1-8-5-13(21)24-16(22-8)28-9(2)15(27)25-7-14(26)23-11-6-10(17(18,19)20)3-4-12(11)25/h3-6,9H,7H2,1-2H3,(H,23,26)(H2,21,22,24)/t9-/m0/s1. The average molecular weight is 411 g/mol. The largest absolute Gasteiger partial charge is 0.416 e. The summed E-state index contributed by atoms with van der Waals surface area (Å²) in [5.41, 5.74) is 5.55. The number of hydrogen-bond donors (Lipinski definition) is 2. The van der Waals surface area contributed by atoms with Crippen molar-refractivity contribution in [2.24, 2.45) is 0 Å². The number of nitrogens with zero attached hydrogens (tertiary/aromatic N) is 3. The number of nitrogen functional groups attached to an aromatic ring is 1. The molecule has 2 heterocycles. The maximum atomic E-state index is 12.9. The number of aromatic nitrogens is 2. The van der Waals surface area contributed by atoms with Crippen molar-refractivity contribution in [1.82, 2.24) is 9.97 Å². The summed E-state index contributed by atoms with van der Waals surface area (Å²) in [5.74, 6) is -0.769. The maximum absolute atomic E-state index is 12.9. The molecule has 2 aromatic rings. The molecule has 1 aromatic carbocycles. The van der Waals surface area contributed by atoms with Crippen LogP contribution in [0.2, 0.25) is 0 Å². The van der Waals surface area contributed by atoms with Crippen molar-refractivity contribution in [2.45, 2.75) is 30.4 Å². The number of hydrogen-bond acceptors (Lipinski definition) is 6. The molecule has 1 aliphatic rings. The van der Waals surface area contributed by atoms with Gasteiger partial charge in [0, 0.05) is 11.8 Å². The van der Waals surface area contributed by atoms with Gasteiger partial charge in [0.1, 0.15) is 12.4 Å². The van der Waals surface area contributed by atoms with E-state index in [4.69, 9.17) is 5.73 Å². The Morgan fingerprint density at radius 1 is 1.32 bits per heavy atom. The van der Waals surface area contributed by atoms with Crippen LogP contribution in [0.15, 0.2) is 29.4 Å². The number of benzene rings is 1. The Labute approximate surface area is 162 Å². The number of thioether (sulfide) groups is 1. The zero-order valence-corrected chi connectivity index (χ0v) is 15.7. The molecule has 0 spiro atoms. The minimum atomic E-state index is -4.56. The second-order valence-corrected chi connectivity index (χ2v) is 7.49. The monoisotopic (exact) mass is 411 g/mol.